The quantitative estimate of drug-likeness (QED) is 0.834. The van der Waals surface area contributed by atoms with E-state index >= 15 is 0 Å². The lowest BCUT2D eigenvalue weighted by Crippen LogP contribution is -2.50. The number of aryl methyl sites for hydroxylation is 1. The molecule has 3 N–H and O–H groups in total. The van der Waals surface area contributed by atoms with Crippen LogP contribution in [0.2, 0.25) is 0 Å². The molecule has 2 rings (SSSR count). The SMILES string of the molecule is Cc1cc(F)c(N)c(C)c1S(=O)(=O)NC1(C)CCOC1C. The molecule has 2 unspecified atom stereocenters. The van der Waals surface area contributed by atoms with Crippen LogP contribution in [0.4, 0.5) is 10.1 Å². The maximum absolute atomic E-state index is 13.6. The van der Waals surface area contributed by atoms with E-state index < -0.39 is 21.4 Å². The molecule has 0 aliphatic carbocycles. The minimum atomic E-state index is -3.81. The summed E-state index contributed by atoms with van der Waals surface area (Å²) in [5.74, 6) is -0.604. The van der Waals surface area contributed by atoms with Crippen molar-refractivity contribution in [3.05, 3.63) is 23.0 Å². The van der Waals surface area contributed by atoms with E-state index in [0.29, 0.717) is 18.6 Å². The Morgan fingerprint density at radius 1 is 1.48 bits per heavy atom. The van der Waals surface area contributed by atoms with Crippen molar-refractivity contribution in [3.8, 4) is 0 Å². The number of ether oxygens (including phenoxy) is 1. The van der Waals surface area contributed by atoms with Crippen molar-refractivity contribution in [1.82, 2.24) is 4.72 Å². The zero-order valence-corrected chi connectivity index (χ0v) is 13.5. The normalized spacial score (nSPS) is 26.2. The van der Waals surface area contributed by atoms with E-state index in [1.807, 2.05) is 6.92 Å². The summed E-state index contributed by atoms with van der Waals surface area (Å²) in [6, 6.07) is 1.15. The number of rotatable bonds is 3. The number of benzene rings is 1. The van der Waals surface area contributed by atoms with Gasteiger partial charge in [0.05, 0.1) is 22.2 Å². The molecule has 5 nitrogen and oxygen atoms in total. The van der Waals surface area contributed by atoms with Crippen LogP contribution in [-0.2, 0) is 14.8 Å². The molecular formula is C14H21FN2O3S. The summed E-state index contributed by atoms with van der Waals surface area (Å²) in [5.41, 5.74) is 5.37. The summed E-state index contributed by atoms with van der Waals surface area (Å²) in [5, 5.41) is 0. The van der Waals surface area contributed by atoms with Crippen LogP contribution in [0.1, 0.15) is 31.4 Å². The predicted octanol–water partition coefficient (Wildman–Crippen LogP) is 1.87. The fourth-order valence-corrected chi connectivity index (χ4v) is 4.65. The summed E-state index contributed by atoms with van der Waals surface area (Å²) in [7, 11) is -3.81. The van der Waals surface area contributed by atoms with Gasteiger partial charge >= 0.3 is 0 Å². The highest BCUT2D eigenvalue weighted by molar-refractivity contribution is 7.89. The topological polar surface area (TPSA) is 81.4 Å². The molecular weight excluding hydrogens is 295 g/mol. The van der Waals surface area contributed by atoms with E-state index in [0.717, 1.165) is 6.07 Å². The number of anilines is 1. The molecule has 0 radical (unpaired) electrons. The van der Waals surface area contributed by atoms with Gasteiger partial charge in [0.25, 0.3) is 0 Å². The Morgan fingerprint density at radius 2 is 2.10 bits per heavy atom. The molecule has 1 aromatic rings. The van der Waals surface area contributed by atoms with Crippen molar-refractivity contribution in [1.29, 1.82) is 0 Å². The molecule has 1 saturated heterocycles. The molecule has 2 atom stereocenters. The van der Waals surface area contributed by atoms with Crippen LogP contribution in [0, 0.1) is 19.7 Å². The van der Waals surface area contributed by atoms with Gasteiger partial charge in [0.1, 0.15) is 5.82 Å². The molecule has 0 saturated carbocycles. The molecule has 0 aromatic heterocycles. The summed E-state index contributed by atoms with van der Waals surface area (Å²) < 4.78 is 47.1. The van der Waals surface area contributed by atoms with Gasteiger partial charge in [-0.3, -0.25) is 0 Å². The highest BCUT2D eigenvalue weighted by Crippen LogP contribution is 2.31. The van der Waals surface area contributed by atoms with Gasteiger partial charge in [-0.05, 0) is 51.3 Å². The number of nitrogens with one attached hydrogen (secondary N) is 1. The van der Waals surface area contributed by atoms with E-state index in [-0.39, 0.29) is 22.3 Å². The van der Waals surface area contributed by atoms with Gasteiger partial charge in [-0.2, -0.15) is 0 Å². The minimum absolute atomic E-state index is 0.0433. The lowest BCUT2D eigenvalue weighted by Gasteiger charge is -2.29. The van der Waals surface area contributed by atoms with Crippen molar-refractivity contribution in [2.24, 2.45) is 0 Å². The summed E-state index contributed by atoms with van der Waals surface area (Å²) in [4.78, 5) is 0.0433. The van der Waals surface area contributed by atoms with Crippen molar-refractivity contribution < 1.29 is 17.5 Å². The van der Waals surface area contributed by atoms with E-state index in [2.05, 4.69) is 4.72 Å². The van der Waals surface area contributed by atoms with Crippen molar-refractivity contribution >= 4 is 15.7 Å². The van der Waals surface area contributed by atoms with E-state index in [9.17, 15) is 12.8 Å². The van der Waals surface area contributed by atoms with Crippen molar-refractivity contribution in [2.45, 2.75) is 50.7 Å². The molecule has 0 bridgehead atoms. The molecule has 1 aromatic carbocycles. The van der Waals surface area contributed by atoms with Gasteiger partial charge in [-0.15, -0.1) is 0 Å². The number of nitrogen functional groups attached to an aromatic ring is 1. The molecule has 1 heterocycles. The number of sulfonamides is 1. The lowest BCUT2D eigenvalue weighted by atomic mass is 9.97. The summed E-state index contributed by atoms with van der Waals surface area (Å²) in [6.45, 7) is 7.20. The molecule has 0 amide bonds. The number of halogens is 1. The first-order chi connectivity index (χ1) is 9.58. The fraction of sp³-hybridized carbons (Fsp3) is 0.571. The Balaban J connectivity index is 2.48. The second-order valence-corrected chi connectivity index (χ2v) is 7.45. The highest BCUT2D eigenvalue weighted by Gasteiger charge is 2.41. The third kappa shape index (κ3) is 2.77. The second kappa shape index (κ2) is 5.23. The first-order valence-corrected chi connectivity index (χ1v) is 8.27. The average molecular weight is 316 g/mol. The van der Waals surface area contributed by atoms with Gasteiger partial charge in [0.2, 0.25) is 10.0 Å². The van der Waals surface area contributed by atoms with Crippen LogP contribution in [0.5, 0.6) is 0 Å². The Bertz CT molecular complexity index is 675. The second-order valence-electron chi connectivity index (χ2n) is 5.83. The van der Waals surface area contributed by atoms with Crippen LogP contribution in [0.25, 0.3) is 0 Å². The van der Waals surface area contributed by atoms with Gasteiger partial charge in [0.15, 0.2) is 0 Å². The van der Waals surface area contributed by atoms with Gasteiger partial charge in [-0.25, -0.2) is 17.5 Å². The van der Waals surface area contributed by atoms with Crippen molar-refractivity contribution in [2.75, 3.05) is 12.3 Å². The first kappa shape index (κ1) is 16.2. The number of hydrogen-bond acceptors (Lipinski definition) is 4. The maximum Gasteiger partial charge on any atom is 0.241 e. The average Bonchev–Trinajstić information content (AvgIpc) is 2.65. The number of hydrogen-bond donors (Lipinski definition) is 2. The smallest absolute Gasteiger partial charge is 0.241 e. The fourth-order valence-electron chi connectivity index (χ4n) is 2.67. The first-order valence-electron chi connectivity index (χ1n) is 6.79. The van der Waals surface area contributed by atoms with Crippen LogP contribution < -0.4 is 10.5 Å². The molecule has 1 aliphatic heterocycles. The van der Waals surface area contributed by atoms with E-state index in [1.54, 1.807) is 13.8 Å². The molecule has 7 heteroatoms. The molecule has 1 aliphatic rings. The monoisotopic (exact) mass is 316 g/mol. The third-order valence-corrected chi connectivity index (χ3v) is 6.13. The van der Waals surface area contributed by atoms with Crippen molar-refractivity contribution in [3.63, 3.8) is 0 Å². The van der Waals surface area contributed by atoms with E-state index in [1.165, 1.54) is 6.92 Å². The Hall–Kier alpha value is -1.18. The van der Waals surface area contributed by atoms with Crippen LogP contribution in [-0.4, -0.2) is 26.7 Å². The van der Waals surface area contributed by atoms with Crippen LogP contribution in [0.15, 0.2) is 11.0 Å². The van der Waals surface area contributed by atoms with Gasteiger partial charge in [0, 0.05) is 6.61 Å². The maximum atomic E-state index is 13.6. The zero-order chi connectivity index (χ0) is 16.0. The molecule has 1 fully saturated rings. The van der Waals surface area contributed by atoms with Gasteiger partial charge < -0.3 is 10.5 Å². The minimum Gasteiger partial charge on any atom is -0.396 e. The summed E-state index contributed by atoms with van der Waals surface area (Å²) >= 11 is 0. The predicted molar refractivity (Wildman–Crippen MR) is 79.0 cm³/mol. The Morgan fingerprint density at radius 3 is 2.62 bits per heavy atom. The third-order valence-electron chi connectivity index (χ3n) is 4.23. The van der Waals surface area contributed by atoms with Gasteiger partial charge in [-0.1, -0.05) is 0 Å². The molecule has 118 valence electrons. The lowest BCUT2D eigenvalue weighted by molar-refractivity contribution is 0.0957. The largest absolute Gasteiger partial charge is 0.396 e. The Labute approximate surface area is 124 Å². The van der Waals surface area contributed by atoms with E-state index in [4.69, 9.17) is 10.5 Å². The summed E-state index contributed by atoms with van der Waals surface area (Å²) in [6.07, 6.45) is 0.355. The molecule has 21 heavy (non-hydrogen) atoms. The highest BCUT2D eigenvalue weighted by atomic mass is 32.2. The Kier molecular flexibility index (Phi) is 4.03. The number of nitrogens with two attached hydrogens (primary N) is 1. The standard InChI is InChI=1S/C14H21FN2O3S/c1-8-7-11(15)12(16)9(2)13(8)21(18,19)17-14(4)5-6-20-10(14)3/h7,10,17H,5-6,16H2,1-4H3. The van der Waals surface area contributed by atoms with Crippen LogP contribution >= 0.6 is 0 Å². The zero-order valence-electron chi connectivity index (χ0n) is 12.7. The van der Waals surface area contributed by atoms with Crippen LogP contribution in [0.3, 0.4) is 0 Å². The molecule has 0 spiro atoms.